The molecule has 3 aliphatic carbocycles. The van der Waals surface area contributed by atoms with Crippen LogP contribution in [0.1, 0.15) is 93.6 Å². The molecule has 2 bridgehead atoms. The molecule has 0 spiro atoms. The van der Waals surface area contributed by atoms with E-state index in [1.165, 1.54) is 13.8 Å². The van der Waals surface area contributed by atoms with Gasteiger partial charge < -0.3 is 39.2 Å². The minimum Gasteiger partial charge on any atom is -0.458 e. The molecule has 3 aromatic carbocycles. The maximum Gasteiger partial charge on any atom is 0.338 e. The van der Waals surface area contributed by atoms with Gasteiger partial charge in [-0.25, -0.2) is 9.59 Å². The average Bonchev–Trinajstić information content (AvgIpc) is 3.24. The molecule has 1 aliphatic heterocycles. The summed E-state index contributed by atoms with van der Waals surface area (Å²) in [5.74, 6) is -6.01. The smallest absolute Gasteiger partial charge is 0.338 e. The van der Waals surface area contributed by atoms with Crippen LogP contribution in [0.3, 0.4) is 0 Å². The van der Waals surface area contributed by atoms with Gasteiger partial charge in [0, 0.05) is 31.2 Å². The Bertz CT molecular complexity index is 2280. The molecular formula is C48H53NO13. The number of fused-ring (bicyclic) bond motifs is 5. The topological polar surface area (TPSA) is 201 Å². The van der Waals surface area contributed by atoms with E-state index in [2.05, 4.69) is 5.32 Å². The number of hydrogen-bond donors (Lipinski definition) is 3. The first-order valence-electron chi connectivity index (χ1n) is 20.7. The molecule has 0 aromatic heterocycles. The first kappa shape index (κ1) is 44.4. The number of aliphatic hydroxyl groups excluding tert-OH is 2. The average molecular weight is 852 g/mol. The monoisotopic (exact) mass is 851 g/mol. The zero-order valence-corrected chi connectivity index (χ0v) is 35.8. The summed E-state index contributed by atoms with van der Waals surface area (Å²) in [7, 11) is 0. The standard InChI is InChI=1S/C48H53NO13/c1-26-32(60-44(57)37(53)36(29-17-11-8-12-18-29)49-42(55)30-19-13-9-14-20-30)24-46(6)41(61-43(56)31-21-15-10-16-22-31)39-47(7,33(52)23-34-48(39,25-58-34)62-28(3)51)40(54)38(59-27(2)50)35(26)45(46,4)5/h8-22,32-34,36-39,41,52-53H,23-25H2,1-7H3,(H,49,55)/t32-,33-,34-,36-,37+,38?,39-,41-,46-,47+,48?/m0/s1. The molecule has 11 atom stereocenters. The van der Waals surface area contributed by atoms with Crippen molar-refractivity contribution in [2.75, 3.05) is 6.61 Å². The number of hydrogen-bond acceptors (Lipinski definition) is 13. The second-order valence-electron chi connectivity index (χ2n) is 17.8. The molecule has 1 saturated heterocycles. The van der Waals surface area contributed by atoms with E-state index < -0.39 is 106 Å². The summed E-state index contributed by atoms with van der Waals surface area (Å²) in [5.41, 5.74) is -4.65. The number of ether oxygens (including phenoxy) is 5. The second kappa shape index (κ2) is 16.5. The number of rotatable bonds is 10. The van der Waals surface area contributed by atoms with Crippen molar-refractivity contribution in [3.8, 4) is 0 Å². The van der Waals surface area contributed by atoms with Crippen LogP contribution >= 0.6 is 0 Å². The van der Waals surface area contributed by atoms with Crippen molar-refractivity contribution < 1.29 is 62.7 Å². The summed E-state index contributed by atoms with van der Waals surface area (Å²) in [4.78, 5) is 83.9. The zero-order chi connectivity index (χ0) is 44.9. The largest absolute Gasteiger partial charge is 0.458 e. The van der Waals surface area contributed by atoms with Crippen LogP contribution in [-0.4, -0.2) is 94.6 Å². The van der Waals surface area contributed by atoms with E-state index in [0.717, 1.165) is 6.92 Å². The third-order valence-electron chi connectivity index (χ3n) is 14.1. The Morgan fingerprint density at radius 1 is 0.806 bits per heavy atom. The van der Waals surface area contributed by atoms with Crippen molar-refractivity contribution in [2.24, 2.45) is 22.2 Å². The van der Waals surface area contributed by atoms with Crippen LogP contribution < -0.4 is 5.32 Å². The molecule has 328 valence electrons. The summed E-state index contributed by atoms with van der Waals surface area (Å²) >= 11 is 0. The lowest BCUT2D eigenvalue weighted by atomic mass is 9.42. The van der Waals surface area contributed by atoms with Crippen molar-refractivity contribution in [1.82, 2.24) is 5.32 Å². The number of carbonyl (C=O) groups excluding carboxylic acids is 6. The molecule has 3 aromatic rings. The normalized spacial score (nSPS) is 31.9. The van der Waals surface area contributed by atoms with E-state index in [1.807, 2.05) is 13.8 Å². The quantitative estimate of drug-likeness (QED) is 0.140. The van der Waals surface area contributed by atoms with Gasteiger partial charge in [-0.2, -0.15) is 0 Å². The van der Waals surface area contributed by atoms with Crippen LogP contribution in [0.5, 0.6) is 0 Å². The summed E-state index contributed by atoms with van der Waals surface area (Å²) in [6.07, 6.45) is -8.83. The molecule has 2 saturated carbocycles. The van der Waals surface area contributed by atoms with Crippen LogP contribution in [0.25, 0.3) is 0 Å². The fourth-order valence-electron chi connectivity index (χ4n) is 10.5. The predicted octanol–water partition coefficient (Wildman–Crippen LogP) is 5.01. The molecule has 1 heterocycles. The van der Waals surface area contributed by atoms with Gasteiger partial charge in [0.2, 0.25) is 0 Å². The molecule has 2 unspecified atom stereocenters. The van der Waals surface area contributed by atoms with Gasteiger partial charge in [0.25, 0.3) is 5.91 Å². The van der Waals surface area contributed by atoms with Crippen molar-refractivity contribution >= 4 is 35.6 Å². The van der Waals surface area contributed by atoms with Crippen molar-refractivity contribution in [1.29, 1.82) is 0 Å². The highest BCUT2D eigenvalue weighted by atomic mass is 16.6. The lowest BCUT2D eigenvalue weighted by molar-refractivity contribution is -0.340. The van der Waals surface area contributed by atoms with Crippen LogP contribution in [0.15, 0.2) is 102 Å². The van der Waals surface area contributed by atoms with Gasteiger partial charge in [0.15, 0.2) is 23.6 Å². The van der Waals surface area contributed by atoms with E-state index in [9.17, 15) is 34.2 Å². The predicted molar refractivity (Wildman–Crippen MR) is 221 cm³/mol. The molecule has 0 radical (unpaired) electrons. The first-order valence-corrected chi connectivity index (χ1v) is 20.7. The molecule has 62 heavy (non-hydrogen) atoms. The fraction of sp³-hybridized carbons (Fsp3) is 0.458. The Morgan fingerprint density at radius 3 is 1.94 bits per heavy atom. The number of benzene rings is 3. The van der Waals surface area contributed by atoms with E-state index in [4.69, 9.17) is 23.7 Å². The number of aliphatic hydroxyl groups is 2. The van der Waals surface area contributed by atoms with Crippen LogP contribution in [0, 0.1) is 22.2 Å². The third kappa shape index (κ3) is 7.31. The molecule has 14 nitrogen and oxygen atoms in total. The van der Waals surface area contributed by atoms with Gasteiger partial charge in [-0.15, -0.1) is 0 Å². The van der Waals surface area contributed by atoms with E-state index in [0.29, 0.717) is 16.7 Å². The number of ketones is 1. The summed E-state index contributed by atoms with van der Waals surface area (Å²) in [5, 5.41) is 26.7. The third-order valence-corrected chi connectivity index (χ3v) is 14.1. The maximum absolute atomic E-state index is 15.6. The highest BCUT2D eigenvalue weighted by molar-refractivity contribution is 5.96. The van der Waals surface area contributed by atoms with E-state index in [1.54, 1.807) is 105 Å². The van der Waals surface area contributed by atoms with Gasteiger partial charge in [0.1, 0.15) is 18.3 Å². The number of carbonyl (C=O) groups is 6. The second-order valence-corrected chi connectivity index (χ2v) is 17.8. The molecule has 1 amide bonds. The lowest BCUT2D eigenvalue weighted by Gasteiger charge is -2.68. The van der Waals surface area contributed by atoms with Crippen LogP contribution in [-0.2, 0) is 42.9 Å². The Labute approximate surface area is 359 Å². The molecule has 7 rings (SSSR count). The Balaban J connectivity index is 1.39. The van der Waals surface area contributed by atoms with Gasteiger partial charge in [-0.1, -0.05) is 87.5 Å². The molecule has 4 aliphatic rings. The highest BCUT2D eigenvalue weighted by Crippen LogP contribution is 2.67. The number of Topliss-reactive ketones (excluding diaryl/α,β-unsaturated/α-hetero) is 1. The molecule has 14 heteroatoms. The van der Waals surface area contributed by atoms with Gasteiger partial charge in [-0.3, -0.25) is 19.2 Å². The summed E-state index contributed by atoms with van der Waals surface area (Å²) < 4.78 is 31.0. The van der Waals surface area contributed by atoms with Crippen molar-refractivity contribution in [3.63, 3.8) is 0 Å². The molecule has 3 N–H and O–H groups in total. The van der Waals surface area contributed by atoms with E-state index >= 15 is 4.79 Å². The Hall–Kier alpha value is -5.70. The summed E-state index contributed by atoms with van der Waals surface area (Å²) in [6, 6.07) is 23.6. The zero-order valence-electron chi connectivity index (χ0n) is 35.8. The maximum atomic E-state index is 15.6. The SMILES string of the molecule is CC(=O)OC1C(=O)[C@@]2(C)[C@H]([C@H](OC(=O)c3ccccc3)[C@]3(C)C[C@H](OC(=O)[C@H](O)[C@@H](NC(=O)c4ccccc4)c4ccccc4)C(C)=C1C3(C)C)C1(OC(C)=O)CO[C@H]1C[C@@H]2O. The highest BCUT2D eigenvalue weighted by Gasteiger charge is 2.77. The van der Waals surface area contributed by atoms with Crippen LogP contribution in [0.2, 0.25) is 0 Å². The Morgan fingerprint density at radius 2 is 1.39 bits per heavy atom. The minimum absolute atomic E-state index is 0.0990. The van der Waals surface area contributed by atoms with Gasteiger partial charge >= 0.3 is 23.9 Å². The van der Waals surface area contributed by atoms with Crippen LogP contribution in [0.4, 0.5) is 0 Å². The fourth-order valence-corrected chi connectivity index (χ4v) is 10.5. The van der Waals surface area contributed by atoms with Gasteiger partial charge in [0.05, 0.1) is 35.6 Å². The lowest BCUT2D eigenvalue weighted by Crippen LogP contribution is -2.80. The number of nitrogens with one attached hydrogen (secondary N) is 1. The first-order chi connectivity index (χ1) is 29.3. The molecule has 3 fully saturated rings. The summed E-state index contributed by atoms with van der Waals surface area (Å²) in [6.45, 7) is 10.7. The van der Waals surface area contributed by atoms with Crippen molar-refractivity contribution in [2.45, 2.75) is 110 Å². The van der Waals surface area contributed by atoms with E-state index in [-0.39, 0.29) is 30.6 Å². The Kier molecular flexibility index (Phi) is 11.8. The molecular weight excluding hydrogens is 799 g/mol. The number of esters is 4. The number of amides is 1. The van der Waals surface area contributed by atoms with Gasteiger partial charge in [-0.05, 0) is 66.7 Å². The van der Waals surface area contributed by atoms with Crippen molar-refractivity contribution in [3.05, 3.63) is 119 Å². The minimum atomic E-state index is -1.95.